The number of rotatable bonds is 4. The van der Waals surface area contributed by atoms with Crippen LogP contribution in [-0.4, -0.2) is 13.4 Å². The summed E-state index contributed by atoms with van der Waals surface area (Å²) >= 11 is 0. The molecule has 1 atom stereocenters. The highest BCUT2D eigenvalue weighted by Gasteiger charge is 2.22. The molecule has 1 aromatic heterocycles. The first-order valence-electron chi connectivity index (χ1n) is 8.73. The van der Waals surface area contributed by atoms with Gasteiger partial charge in [0.15, 0.2) is 0 Å². The van der Waals surface area contributed by atoms with Crippen LogP contribution >= 0.6 is 0 Å². The topological polar surface area (TPSA) is 85.1 Å². The van der Waals surface area contributed by atoms with Gasteiger partial charge in [-0.1, -0.05) is 24.3 Å². The lowest BCUT2D eigenvalue weighted by atomic mass is 9.87. The van der Waals surface area contributed by atoms with Crippen LogP contribution in [0.4, 0.5) is 0 Å². The molecule has 0 saturated heterocycles. The van der Waals surface area contributed by atoms with Gasteiger partial charge in [-0.05, 0) is 60.2 Å². The second-order valence-electron chi connectivity index (χ2n) is 6.77. The molecule has 1 heterocycles. The number of aromatic nitrogens is 1. The number of para-hydroxylation sites is 1. The molecule has 0 spiro atoms. The molecule has 0 saturated carbocycles. The van der Waals surface area contributed by atoms with Gasteiger partial charge in [-0.25, -0.2) is 13.6 Å². The van der Waals surface area contributed by atoms with Crippen molar-refractivity contribution in [3.8, 4) is 0 Å². The quantitative estimate of drug-likeness (QED) is 0.742. The molecule has 0 fully saturated rings. The summed E-state index contributed by atoms with van der Waals surface area (Å²) in [6, 6.07) is 15.5. The number of hydrogen-bond acceptors (Lipinski definition) is 4. The van der Waals surface area contributed by atoms with Gasteiger partial charge in [0.05, 0.1) is 10.4 Å². The highest BCUT2D eigenvalue weighted by molar-refractivity contribution is 7.89. The van der Waals surface area contributed by atoms with E-state index in [1.165, 1.54) is 5.56 Å². The van der Waals surface area contributed by atoms with Gasteiger partial charge in [0.25, 0.3) is 0 Å². The van der Waals surface area contributed by atoms with Crippen molar-refractivity contribution < 1.29 is 8.42 Å². The fraction of sp³-hybridized carbons (Fsp3) is 0.250. The van der Waals surface area contributed by atoms with Crippen molar-refractivity contribution in [3.05, 3.63) is 71.4 Å². The molecular formula is C20H21N3O2S. The van der Waals surface area contributed by atoms with Gasteiger partial charge < -0.3 is 5.32 Å². The Labute approximate surface area is 153 Å². The predicted molar refractivity (Wildman–Crippen MR) is 102 cm³/mol. The minimum Gasteiger partial charge on any atom is -0.306 e. The molecule has 1 unspecified atom stereocenters. The van der Waals surface area contributed by atoms with E-state index in [2.05, 4.69) is 22.4 Å². The largest absolute Gasteiger partial charge is 0.306 e. The zero-order chi connectivity index (χ0) is 18.1. The third-order valence-electron chi connectivity index (χ3n) is 4.96. The van der Waals surface area contributed by atoms with Crippen LogP contribution in [0.2, 0.25) is 0 Å². The van der Waals surface area contributed by atoms with Gasteiger partial charge in [-0.15, -0.1) is 0 Å². The second-order valence-corrected chi connectivity index (χ2v) is 8.33. The number of sulfonamides is 1. The highest BCUT2D eigenvalue weighted by Crippen LogP contribution is 2.31. The van der Waals surface area contributed by atoms with Crippen molar-refractivity contribution in [1.82, 2.24) is 10.3 Å². The molecule has 0 amide bonds. The maximum Gasteiger partial charge on any atom is 0.238 e. The van der Waals surface area contributed by atoms with Crippen molar-refractivity contribution in [2.75, 3.05) is 0 Å². The number of aryl methyl sites for hydroxylation is 1. The summed E-state index contributed by atoms with van der Waals surface area (Å²) in [6.07, 6.45) is 4.91. The van der Waals surface area contributed by atoms with E-state index in [1.807, 2.05) is 30.5 Å². The molecule has 0 radical (unpaired) electrons. The van der Waals surface area contributed by atoms with Crippen molar-refractivity contribution in [2.24, 2.45) is 5.14 Å². The molecule has 26 heavy (non-hydrogen) atoms. The Balaban J connectivity index is 1.57. The van der Waals surface area contributed by atoms with Crippen molar-refractivity contribution in [3.63, 3.8) is 0 Å². The summed E-state index contributed by atoms with van der Waals surface area (Å²) in [7, 11) is -3.69. The van der Waals surface area contributed by atoms with Crippen LogP contribution in [0.3, 0.4) is 0 Å². The lowest BCUT2D eigenvalue weighted by molar-refractivity contribution is 0.458. The predicted octanol–water partition coefficient (Wildman–Crippen LogP) is 3.05. The minimum atomic E-state index is -3.69. The fourth-order valence-corrected chi connectivity index (χ4v) is 4.17. The van der Waals surface area contributed by atoms with E-state index >= 15 is 0 Å². The maximum atomic E-state index is 11.7. The Morgan fingerprint density at radius 1 is 1.15 bits per heavy atom. The maximum absolute atomic E-state index is 11.7. The lowest BCUT2D eigenvalue weighted by Crippen LogP contribution is -2.25. The number of nitrogens with one attached hydrogen (secondary N) is 1. The summed E-state index contributed by atoms with van der Waals surface area (Å²) in [6.45, 7) is 0.682. The molecule has 3 aromatic rings. The monoisotopic (exact) mass is 367 g/mol. The van der Waals surface area contributed by atoms with Crippen molar-refractivity contribution >= 4 is 20.9 Å². The van der Waals surface area contributed by atoms with Gasteiger partial charge in [-0.3, -0.25) is 4.98 Å². The average molecular weight is 367 g/mol. The summed E-state index contributed by atoms with van der Waals surface area (Å²) in [4.78, 5) is 4.68. The SMILES string of the molecule is NS(=O)(=O)c1ccc2c(c1)C(NCc1cnc3ccccc3c1)CCC2. The fourth-order valence-electron chi connectivity index (χ4n) is 3.62. The molecule has 1 aliphatic carbocycles. The standard InChI is InChI=1S/C20H21N3O2S/c21-26(24,25)17-9-8-15-5-3-7-20(18(15)11-17)23-13-14-10-16-4-1-2-6-19(16)22-12-14/h1-2,4,6,8-12,20,23H,3,5,7,13H2,(H2,21,24,25). The van der Waals surface area contributed by atoms with E-state index in [1.54, 1.807) is 12.1 Å². The molecule has 0 aliphatic heterocycles. The lowest BCUT2D eigenvalue weighted by Gasteiger charge is -2.27. The number of fused-ring (bicyclic) bond motifs is 2. The molecule has 6 heteroatoms. The zero-order valence-electron chi connectivity index (χ0n) is 14.4. The van der Waals surface area contributed by atoms with Gasteiger partial charge in [-0.2, -0.15) is 0 Å². The van der Waals surface area contributed by atoms with Crippen LogP contribution in [0.1, 0.15) is 35.6 Å². The van der Waals surface area contributed by atoms with E-state index in [0.29, 0.717) is 6.54 Å². The van der Waals surface area contributed by atoms with Gasteiger partial charge in [0.2, 0.25) is 10.0 Å². The van der Waals surface area contributed by atoms with Crippen LogP contribution in [0.5, 0.6) is 0 Å². The van der Waals surface area contributed by atoms with E-state index in [0.717, 1.165) is 41.3 Å². The average Bonchev–Trinajstić information content (AvgIpc) is 2.65. The van der Waals surface area contributed by atoms with Crippen LogP contribution < -0.4 is 10.5 Å². The Hall–Kier alpha value is -2.28. The molecule has 5 nitrogen and oxygen atoms in total. The van der Waals surface area contributed by atoms with E-state index < -0.39 is 10.0 Å². The van der Waals surface area contributed by atoms with Crippen LogP contribution in [0.15, 0.2) is 59.6 Å². The third-order valence-corrected chi connectivity index (χ3v) is 5.87. The smallest absolute Gasteiger partial charge is 0.238 e. The number of nitrogens with zero attached hydrogens (tertiary/aromatic N) is 1. The second kappa shape index (κ2) is 6.79. The Morgan fingerprint density at radius 3 is 2.85 bits per heavy atom. The normalized spacial score (nSPS) is 17.2. The first-order valence-corrected chi connectivity index (χ1v) is 10.3. The summed E-state index contributed by atoms with van der Waals surface area (Å²) in [5.41, 5.74) is 4.32. The molecule has 0 bridgehead atoms. The molecule has 4 rings (SSSR count). The Kier molecular flexibility index (Phi) is 4.48. The van der Waals surface area contributed by atoms with Gasteiger partial charge in [0, 0.05) is 24.2 Å². The first kappa shape index (κ1) is 17.1. The number of hydrogen-bond donors (Lipinski definition) is 2. The van der Waals surface area contributed by atoms with Crippen molar-refractivity contribution in [2.45, 2.75) is 36.7 Å². The van der Waals surface area contributed by atoms with Crippen molar-refractivity contribution in [1.29, 1.82) is 0 Å². The van der Waals surface area contributed by atoms with Crippen LogP contribution in [0.25, 0.3) is 10.9 Å². The number of primary sulfonamides is 1. The van der Waals surface area contributed by atoms with Crippen LogP contribution in [-0.2, 0) is 23.0 Å². The molecule has 2 aromatic carbocycles. The molecule has 1 aliphatic rings. The van der Waals surface area contributed by atoms with Gasteiger partial charge >= 0.3 is 0 Å². The Morgan fingerprint density at radius 2 is 2.00 bits per heavy atom. The first-order chi connectivity index (χ1) is 12.5. The van der Waals surface area contributed by atoms with E-state index in [4.69, 9.17) is 5.14 Å². The molecular weight excluding hydrogens is 346 g/mol. The number of benzene rings is 2. The molecule has 134 valence electrons. The number of nitrogens with two attached hydrogens (primary N) is 1. The molecule has 3 N–H and O–H groups in total. The Bertz CT molecular complexity index is 1060. The summed E-state index contributed by atoms with van der Waals surface area (Å²) < 4.78 is 23.4. The highest BCUT2D eigenvalue weighted by atomic mass is 32.2. The minimum absolute atomic E-state index is 0.118. The van der Waals surface area contributed by atoms with E-state index in [-0.39, 0.29) is 10.9 Å². The van der Waals surface area contributed by atoms with Crippen LogP contribution in [0, 0.1) is 0 Å². The number of pyridine rings is 1. The van der Waals surface area contributed by atoms with E-state index in [9.17, 15) is 8.42 Å². The summed E-state index contributed by atoms with van der Waals surface area (Å²) in [5, 5.41) is 9.98. The zero-order valence-corrected chi connectivity index (χ0v) is 15.2. The van der Waals surface area contributed by atoms with Gasteiger partial charge in [0.1, 0.15) is 0 Å². The summed E-state index contributed by atoms with van der Waals surface area (Å²) in [5.74, 6) is 0. The third kappa shape index (κ3) is 3.49.